The SMILES string of the molecule is Cc1oc2c(c1C(=O)N1CCCC1)CN(Cc1ccc(F)cc1)CC2. The molecule has 0 N–H and O–H groups in total. The van der Waals surface area contributed by atoms with E-state index in [1.807, 2.05) is 24.0 Å². The number of hydrogen-bond acceptors (Lipinski definition) is 3. The average Bonchev–Trinajstić information content (AvgIpc) is 3.23. The van der Waals surface area contributed by atoms with E-state index in [1.165, 1.54) is 12.1 Å². The van der Waals surface area contributed by atoms with Gasteiger partial charge in [0.1, 0.15) is 17.3 Å². The van der Waals surface area contributed by atoms with E-state index in [0.717, 1.165) is 73.7 Å². The fraction of sp³-hybridized carbons (Fsp3) is 0.450. The Morgan fingerprint density at radius 2 is 1.88 bits per heavy atom. The van der Waals surface area contributed by atoms with E-state index in [9.17, 15) is 9.18 Å². The molecule has 5 heteroatoms. The van der Waals surface area contributed by atoms with Crippen molar-refractivity contribution in [2.45, 2.75) is 39.3 Å². The summed E-state index contributed by atoms with van der Waals surface area (Å²) >= 11 is 0. The van der Waals surface area contributed by atoms with Gasteiger partial charge in [-0.1, -0.05) is 12.1 Å². The average molecular weight is 342 g/mol. The second kappa shape index (κ2) is 6.64. The van der Waals surface area contributed by atoms with Crippen molar-refractivity contribution < 1.29 is 13.6 Å². The highest BCUT2D eigenvalue weighted by Crippen LogP contribution is 2.30. The minimum absolute atomic E-state index is 0.114. The van der Waals surface area contributed by atoms with Crippen LogP contribution in [-0.2, 0) is 19.5 Å². The summed E-state index contributed by atoms with van der Waals surface area (Å²) in [5, 5.41) is 0. The highest BCUT2D eigenvalue weighted by atomic mass is 19.1. The molecule has 2 aromatic rings. The van der Waals surface area contributed by atoms with Crippen LogP contribution in [-0.4, -0.2) is 35.3 Å². The zero-order chi connectivity index (χ0) is 17.4. The maximum Gasteiger partial charge on any atom is 0.257 e. The second-order valence-electron chi connectivity index (χ2n) is 7.02. The highest BCUT2D eigenvalue weighted by molar-refractivity contribution is 5.97. The summed E-state index contributed by atoms with van der Waals surface area (Å²) in [7, 11) is 0. The lowest BCUT2D eigenvalue weighted by atomic mass is 10.0. The summed E-state index contributed by atoms with van der Waals surface area (Å²) in [6.07, 6.45) is 2.98. The molecule has 0 radical (unpaired) electrons. The van der Waals surface area contributed by atoms with Gasteiger partial charge in [-0.15, -0.1) is 0 Å². The number of rotatable bonds is 3. The van der Waals surface area contributed by atoms with Crippen LogP contribution in [0.4, 0.5) is 4.39 Å². The predicted octanol–water partition coefficient (Wildman–Crippen LogP) is 3.52. The van der Waals surface area contributed by atoms with Crippen LogP contribution in [0, 0.1) is 12.7 Å². The normalized spacial score (nSPS) is 17.8. The highest BCUT2D eigenvalue weighted by Gasteiger charge is 2.31. The molecule has 1 saturated heterocycles. The van der Waals surface area contributed by atoms with Crippen molar-refractivity contribution in [3.05, 3.63) is 58.3 Å². The monoisotopic (exact) mass is 342 g/mol. The van der Waals surface area contributed by atoms with Crippen molar-refractivity contribution in [2.24, 2.45) is 0 Å². The van der Waals surface area contributed by atoms with E-state index < -0.39 is 0 Å². The Bertz CT molecular complexity index is 776. The largest absolute Gasteiger partial charge is 0.465 e. The Kier molecular flexibility index (Phi) is 4.34. The number of carbonyl (C=O) groups is 1. The van der Waals surface area contributed by atoms with Gasteiger partial charge in [-0.05, 0) is 37.5 Å². The second-order valence-corrected chi connectivity index (χ2v) is 7.02. The molecule has 0 aliphatic carbocycles. The molecule has 0 bridgehead atoms. The molecule has 1 aromatic heterocycles. The Labute approximate surface area is 147 Å². The van der Waals surface area contributed by atoms with Gasteiger partial charge in [0.15, 0.2) is 0 Å². The quantitative estimate of drug-likeness (QED) is 0.856. The molecule has 2 aliphatic heterocycles. The van der Waals surface area contributed by atoms with Crippen molar-refractivity contribution in [2.75, 3.05) is 19.6 Å². The van der Waals surface area contributed by atoms with Gasteiger partial charge in [0.05, 0.1) is 5.56 Å². The van der Waals surface area contributed by atoms with Crippen LogP contribution in [0.25, 0.3) is 0 Å². The molecule has 4 rings (SSSR count). The molecule has 2 aliphatic rings. The van der Waals surface area contributed by atoms with E-state index >= 15 is 0 Å². The van der Waals surface area contributed by atoms with E-state index in [0.29, 0.717) is 6.54 Å². The van der Waals surface area contributed by atoms with Crippen LogP contribution < -0.4 is 0 Å². The zero-order valence-corrected chi connectivity index (χ0v) is 14.6. The van der Waals surface area contributed by atoms with Crippen LogP contribution in [0.3, 0.4) is 0 Å². The molecule has 4 nitrogen and oxygen atoms in total. The fourth-order valence-corrected chi connectivity index (χ4v) is 3.92. The van der Waals surface area contributed by atoms with Crippen molar-refractivity contribution >= 4 is 5.91 Å². The van der Waals surface area contributed by atoms with Gasteiger partial charge in [-0.3, -0.25) is 9.69 Å². The molecule has 132 valence electrons. The molecule has 25 heavy (non-hydrogen) atoms. The molecule has 1 aromatic carbocycles. The van der Waals surface area contributed by atoms with E-state index in [4.69, 9.17) is 4.42 Å². The molecular weight excluding hydrogens is 319 g/mol. The Balaban J connectivity index is 1.55. The molecule has 1 amide bonds. The third-order valence-electron chi connectivity index (χ3n) is 5.23. The number of carbonyl (C=O) groups excluding carboxylic acids is 1. The number of likely N-dealkylation sites (tertiary alicyclic amines) is 1. The minimum atomic E-state index is -0.214. The van der Waals surface area contributed by atoms with Crippen molar-refractivity contribution in [3.8, 4) is 0 Å². The van der Waals surface area contributed by atoms with Crippen LogP contribution in [0.1, 0.15) is 45.8 Å². The maximum atomic E-state index is 13.1. The van der Waals surface area contributed by atoms with Gasteiger partial charge in [-0.2, -0.15) is 0 Å². The summed E-state index contributed by atoms with van der Waals surface area (Å²) in [6.45, 7) is 5.93. The lowest BCUT2D eigenvalue weighted by Crippen LogP contribution is -2.33. The van der Waals surface area contributed by atoms with E-state index in [2.05, 4.69) is 4.90 Å². The van der Waals surface area contributed by atoms with Gasteiger partial charge in [0, 0.05) is 44.7 Å². The van der Waals surface area contributed by atoms with E-state index in [-0.39, 0.29) is 11.7 Å². The van der Waals surface area contributed by atoms with Gasteiger partial charge in [0.2, 0.25) is 0 Å². The molecule has 3 heterocycles. The van der Waals surface area contributed by atoms with Gasteiger partial charge in [0.25, 0.3) is 5.91 Å². The van der Waals surface area contributed by atoms with Crippen molar-refractivity contribution in [1.82, 2.24) is 9.80 Å². The fourth-order valence-electron chi connectivity index (χ4n) is 3.92. The number of hydrogen-bond donors (Lipinski definition) is 0. The first-order chi connectivity index (χ1) is 12.1. The topological polar surface area (TPSA) is 36.7 Å². The first-order valence-corrected chi connectivity index (χ1v) is 8.99. The van der Waals surface area contributed by atoms with Crippen LogP contribution >= 0.6 is 0 Å². The smallest absolute Gasteiger partial charge is 0.257 e. The maximum absolute atomic E-state index is 13.1. The first-order valence-electron chi connectivity index (χ1n) is 8.99. The molecule has 0 spiro atoms. The van der Waals surface area contributed by atoms with Crippen LogP contribution in [0.2, 0.25) is 0 Å². The third-order valence-corrected chi connectivity index (χ3v) is 5.23. The molecule has 0 saturated carbocycles. The lowest BCUT2D eigenvalue weighted by Gasteiger charge is -2.27. The van der Waals surface area contributed by atoms with Gasteiger partial charge >= 0.3 is 0 Å². The van der Waals surface area contributed by atoms with Gasteiger partial charge in [-0.25, -0.2) is 4.39 Å². The Hall–Kier alpha value is -2.14. The summed E-state index contributed by atoms with van der Waals surface area (Å²) in [6, 6.07) is 6.63. The number of nitrogens with zero attached hydrogens (tertiary/aromatic N) is 2. The summed E-state index contributed by atoms with van der Waals surface area (Å²) in [5.74, 6) is 1.60. The summed E-state index contributed by atoms with van der Waals surface area (Å²) < 4.78 is 19.0. The molecular formula is C20H23FN2O2. The predicted molar refractivity (Wildman–Crippen MR) is 92.8 cm³/mol. The number of furan rings is 1. The first kappa shape index (κ1) is 16.3. The van der Waals surface area contributed by atoms with Crippen molar-refractivity contribution in [3.63, 3.8) is 0 Å². The number of amides is 1. The lowest BCUT2D eigenvalue weighted by molar-refractivity contribution is 0.0789. The van der Waals surface area contributed by atoms with Gasteiger partial charge < -0.3 is 9.32 Å². The molecule has 1 fully saturated rings. The minimum Gasteiger partial charge on any atom is -0.465 e. The zero-order valence-electron chi connectivity index (χ0n) is 14.6. The third kappa shape index (κ3) is 3.21. The molecule has 0 unspecified atom stereocenters. The van der Waals surface area contributed by atoms with Crippen LogP contribution in [0.5, 0.6) is 0 Å². The Morgan fingerprint density at radius 3 is 2.60 bits per heavy atom. The Morgan fingerprint density at radius 1 is 1.16 bits per heavy atom. The number of halogens is 1. The molecule has 0 atom stereocenters. The van der Waals surface area contributed by atoms with Crippen molar-refractivity contribution in [1.29, 1.82) is 0 Å². The number of benzene rings is 1. The standard InChI is InChI=1S/C20H23FN2O2/c1-14-19(20(24)23-9-2-3-10-23)17-13-22(11-8-18(17)25-14)12-15-4-6-16(21)7-5-15/h4-7H,2-3,8-13H2,1H3. The summed E-state index contributed by atoms with van der Waals surface area (Å²) in [4.78, 5) is 17.1. The number of aryl methyl sites for hydroxylation is 1. The van der Waals surface area contributed by atoms with Crippen LogP contribution in [0.15, 0.2) is 28.7 Å². The van der Waals surface area contributed by atoms with E-state index in [1.54, 1.807) is 0 Å². The summed E-state index contributed by atoms with van der Waals surface area (Å²) in [5.41, 5.74) is 2.89. The number of fused-ring (bicyclic) bond motifs is 1.